The summed E-state index contributed by atoms with van der Waals surface area (Å²) >= 11 is 0. The van der Waals surface area contributed by atoms with Crippen molar-refractivity contribution in [1.82, 2.24) is 10.6 Å². The highest BCUT2D eigenvalue weighted by Crippen LogP contribution is 2.45. The van der Waals surface area contributed by atoms with Gasteiger partial charge in [-0.15, -0.1) is 0 Å². The summed E-state index contributed by atoms with van der Waals surface area (Å²) in [6, 6.07) is -0.333. The molecule has 1 aliphatic rings. The highest BCUT2D eigenvalue weighted by molar-refractivity contribution is 5.80. The van der Waals surface area contributed by atoms with Crippen molar-refractivity contribution in [2.75, 3.05) is 26.3 Å². The van der Waals surface area contributed by atoms with Crippen LogP contribution in [0.2, 0.25) is 0 Å². The van der Waals surface area contributed by atoms with Crippen LogP contribution in [0, 0.1) is 11.3 Å². The van der Waals surface area contributed by atoms with E-state index in [1.807, 2.05) is 0 Å². The third-order valence-electron chi connectivity index (χ3n) is 3.27. The van der Waals surface area contributed by atoms with E-state index in [0.29, 0.717) is 38.5 Å². The van der Waals surface area contributed by atoms with E-state index in [1.165, 1.54) is 0 Å². The summed E-state index contributed by atoms with van der Waals surface area (Å²) in [4.78, 5) is 22.3. The topological polar surface area (TPSA) is 87.7 Å². The molecule has 1 rings (SSSR count). The van der Waals surface area contributed by atoms with Gasteiger partial charge in [-0.2, -0.15) is 0 Å². The average Bonchev–Trinajstić information content (AvgIpc) is 3.12. The number of ether oxygens (including phenoxy) is 1. The normalized spacial score (nSPS) is 16.2. The fourth-order valence-corrected chi connectivity index (χ4v) is 1.59. The highest BCUT2D eigenvalue weighted by atomic mass is 16.5. The van der Waals surface area contributed by atoms with Gasteiger partial charge in [-0.1, -0.05) is 13.8 Å². The second-order valence-corrected chi connectivity index (χ2v) is 5.49. The fourth-order valence-electron chi connectivity index (χ4n) is 1.59. The van der Waals surface area contributed by atoms with Gasteiger partial charge in [0.1, 0.15) is 0 Å². The van der Waals surface area contributed by atoms with Crippen LogP contribution in [0.15, 0.2) is 0 Å². The van der Waals surface area contributed by atoms with Crippen molar-refractivity contribution < 1.29 is 19.4 Å². The molecule has 19 heavy (non-hydrogen) atoms. The van der Waals surface area contributed by atoms with Gasteiger partial charge in [0, 0.05) is 19.7 Å². The average molecular weight is 272 g/mol. The molecule has 1 saturated carbocycles. The maximum absolute atomic E-state index is 11.4. The van der Waals surface area contributed by atoms with E-state index in [0.717, 1.165) is 6.42 Å². The molecule has 1 fully saturated rings. The summed E-state index contributed by atoms with van der Waals surface area (Å²) < 4.78 is 5.35. The second kappa shape index (κ2) is 7.33. The minimum atomic E-state index is -0.829. The molecule has 0 bridgehead atoms. The SMILES string of the molecule is CC(C)CCOCCNC(=O)NCC1(C(=O)O)CC1. The number of aliphatic carboxylic acids is 1. The molecule has 110 valence electrons. The van der Waals surface area contributed by atoms with Crippen molar-refractivity contribution in [3.63, 3.8) is 0 Å². The van der Waals surface area contributed by atoms with Crippen LogP contribution in [-0.4, -0.2) is 43.4 Å². The Labute approximate surface area is 113 Å². The number of amides is 2. The maximum atomic E-state index is 11.4. The number of hydrogen-bond acceptors (Lipinski definition) is 3. The van der Waals surface area contributed by atoms with Gasteiger partial charge in [-0.05, 0) is 25.2 Å². The molecule has 6 nitrogen and oxygen atoms in total. The van der Waals surface area contributed by atoms with E-state index < -0.39 is 11.4 Å². The predicted molar refractivity (Wildman–Crippen MR) is 71.0 cm³/mol. The molecule has 0 heterocycles. The van der Waals surface area contributed by atoms with Gasteiger partial charge in [0.15, 0.2) is 0 Å². The molecule has 0 aromatic carbocycles. The van der Waals surface area contributed by atoms with Gasteiger partial charge in [0.2, 0.25) is 0 Å². The molecule has 0 aromatic rings. The second-order valence-electron chi connectivity index (χ2n) is 5.49. The van der Waals surface area contributed by atoms with Crippen LogP contribution < -0.4 is 10.6 Å². The number of hydrogen-bond donors (Lipinski definition) is 3. The Morgan fingerprint density at radius 3 is 2.47 bits per heavy atom. The molecule has 3 N–H and O–H groups in total. The molecule has 0 spiro atoms. The number of carbonyl (C=O) groups is 2. The van der Waals surface area contributed by atoms with Crippen molar-refractivity contribution in [2.45, 2.75) is 33.1 Å². The van der Waals surface area contributed by atoms with Crippen molar-refractivity contribution in [2.24, 2.45) is 11.3 Å². The molecule has 0 saturated heterocycles. The van der Waals surface area contributed by atoms with Crippen LogP contribution in [0.5, 0.6) is 0 Å². The quantitative estimate of drug-likeness (QED) is 0.551. The van der Waals surface area contributed by atoms with Crippen molar-refractivity contribution in [3.8, 4) is 0 Å². The van der Waals surface area contributed by atoms with Crippen LogP contribution in [-0.2, 0) is 9.53 Å². The lowest BCUT2D eigenvalue weighted by atomic mass is 10.1. The van der Waals surface area contributed by atoms with Crippen LogP contribution >= 0.6 is 0 Å². The highest BCUT2D eigenvalue weighted by Gasteiger charge is 2.50. The van der Waals surface area contributed by atoms with E-state index in [4.69, 9.17) is 9.84 Å². The summed E-state index contributed by atoms with van der Waals surface area (Å²) in [7, 11) is 0. The minimum Gasteiger partial charge on any atom is -0.481 e. The van der Waals surface area contributed by atoms with Gasteiger partial charge in [-0.25, -0.2) is 4.79 Å². The lowest BCUT2D eigenvalue weighted by Crippen LogP contribution is -2.41. The number of urea groups is 1. The fraction of sp³-hybridized carbons (Fsp3) is 0.846. The summed E-state index contributed by atoms with van der Waals surface area (Å²) in [6.45, 7) is 6.07. The van der Waals surface area contributed by atoms with Crippen molar-refractivity contribution in [1.29, 1.82) is 0 Å². The smallest absolute Gasteiger partial charge is 0.314 e. The number of rotatable bonds is 9. The monoisotopic (exact) mass is 272 g/mol. The van der Waals surface area contributed by atoms with Gasteiger partial charge in [0.25, 0.3) is 0 Å². The first-order valence-electron chi connectivity index (χ1n) is 6.79. The first kappa shape index (κ1) is 15.8. The van der Waals surface area contributed by atoms with Gasteiger partial charge in [-0.3, -0.25) is 4.79 Å². The van der Waals surface area contributed by atoms with E-state index in [9.17, 15) is 9.59 Å². The van der Waals surface area contributed by atoms with Crippen LogP contribution in [0.1, 0.15) is 33.1 Å². The Morgan fingerprint density at radius 2 is 1.95 bits per heavy atom. The summed E-state index contributed by atoms with van der Waals surface area (Å²) in [5.74, 6) is -0.216. The summed E-state index contributed by atoms with van der Waals surface area (Å²) in [5.41, 5.74) is -0.717. The van der Waals surface area contributed by atoms with Gasteiger partial charge < -0.3 is 20.5 Å². The van der Waals surface area contributed by atoms with E-state index in [2.05, 4.69) is 24.5 Å². The summed E-state index contributed by atoms with van der Waals surface area (Å²) in [6.07, 6.45) is 2.29. The van der Waals surface area contributed by atoms with Crippen molar-refractivity contribution in [3.05, 3.63) is 0 Å². The standard InChI is InChI=1S/C13H24N2O4/c1-10(2)3-7-19-8-6-14-12(18)15-9-13(4-5-13)11(16)17/h10H,3-9H2,1-2H3,(H,16,17)(H2,14,15,18). The van der Waals surface area contributed by atoms with Crippen LogP contribution in [0.4, 0.5) is 4.79 Å². The third-order valence-corrected chi connectivity index (χ3v) is 3.27. The molecule has 0 aromatic heterocycles. The van der Waals surface area contributed by atoms with Crippen LogP contribution in [0.25, 0.3) is 0 Å². The first-order chi connectivity index (χ1) is 8.96. The van der Waals surface area contributed by atoms with E-state index in [-0.39, 0.29) is 12.6 Å². The summed E-state index contributed by atoms with van der Waals surface area (Å²) in [5, 5.41) is 14.2. The molecule has 0 atom stereocenters. The Balaban J connectivity index is 1.98. The zero-order chi connectivity index (χ0) is 14.3. The Hall–Kier alpha value is -1.30. The molecular formula is C13H24N2O4. The predicted octanol–water partition coefficient (Wildman–Crippen LogP) is 1.21. The Morgan fingerprint density at radius 1 is 1.26 bits per heavy atom. The molecule has 6 heteroatoms. The number of carbonyl (C=O) groups excluding carboxylic acids is 1. The largest absolute Gasteiger partial charge is 0.481 e. The molecule has 0 aliphatic heterocycles. The maximum Gasteiger partial charge on any atom is 0.314 e. The zero-order valence-electron chi connectivity index (χ0n) is 11.7. The van der Waals surface area contributed by atoms with Crippen molar-refractivity contribution >= 4 is 12.0 Å². The Bertz CT molecular complexity index is 314. The van der Waals surface area contributed by atoms with Gasteiger partial charge >= 0.3 is 12.0 Å². The third kappa shape index (κ3) is 5.92. The minimum absolute atomic E-state index is 0.197. The van der Waals surface area contributed by atoms with Gasteiger partial charge in [0.05, 0.1) is 12.0 Å². The molecular weight excluding hydrogens is 248 g/mol. The van der Waals surface area contributed by atoms with E-state index >= 15 is 0 Å². The van der Waals surface area contributed by atoms with Crippen LogP contribution in [0.3, 0.4) is 0 Å². The lowest BCUT2D eigenvalue weighted by Gasteiger charge is -2.12. The number of carboxylic acid groups (broad SMARTS) is 1. The zero-order valence-corrected chi connectivity index (χ0v) is 11.7. The van der Waals surface area contributed by atoms with E-state index in [1.54, 1.807) is 0 Å². The lowest BCUT2D eigenvalue weighted by molar-refractivity contribution is -0.143. The Kier molecular flexibility index (Phi) is 6.08. The number of carboxylic acids is 1. The molecule has 2 amide bonds. The number of nitrogens with one attached hydrogen (secondary N) is 2. The first-order valence-corrected chi connectivity index (χ1v) is 6.79. The molecule has 1 aliphatic carbocycles. The molecule has 0 unspecified atom stereocenters. The molecule has 0 radical (unpaired) electrons.